The highest BCUT2D eigenvalue weighted by Crippen LogP contribution is 2.28. The van der Waals surface area contributed by atoms with Crippen LogP contribution in [0.15, 0.2) is 91.1 Å². The molecule has 0 aliphatic heterocycles. The molecule has 154 valence electrons. The minimum absolute atomic E-state index is 0.355. The molecule has 31 heavy (non-hydrogen) atoms. The number of ether oxygens (including phenoxy) is 1. The number of halogens is 1. The van der Waals surface area contributed by atoms with Crippen molar-refractivity contribution < 1.29 is 19.4 Å². The first-order valence-corrected chi connectivity index (χ1v) is 9.93. The van der Waals surface area contributed by atoms with Crippen LogP contribution in [0.4, 0.5) is 0 Å². The molecule has 0 unspecified atom stereocenters. The fourth-order valence-corrected chi connectivity index (χ4v) is 3.49. The molecule has 0 atom stereocenters. The lowest BCUT2D eigenvalue weighted by atomic mass is 10.0. The highest BCUT2D eigenvalue weighted by Gasteiger charge is 2.23. The summed E-state index contributed by atoms with van der Waals surface area (Å²) in [5, 5.41) is 11.6. The number of aliphatic hydroxyl groups is 1. The topological polar surface area (TPSA) is 79.4 Å². The van der Waals surface area contributed by atoms with Crippen LogP contribution >= 0.6 is 11.6 Å². The Kier molecular flexibility index (Phi) is 5.87. The fourth-order valence-electron chi connectivity index (χ4n) is 3.31. The van der Waals surface area contributed by atoms with Gasteiger partial charge in [0, 0.05) is 33.8 Å². The molecule has 4 rings (SSSR count). The third-order valence-electron chi connectivity index (χ3n) is 4.82. The third-order valence-corrected chi connectivity index (χ3v) is 5.05. The maximum atomic E-state index is 12.6. The second-order valence-corrected chi connectivity index (χ2v) is 7.33. The number of aliphatic hydroxyl groups excluding tert-OH is 1. The predicted octanol–water partition coefficient (Wildman–Crippen LogP) is 5.62. The van der Waals surface area contributed by atoms with Crippen LogP contribution in [0.1, 0.15) is 22.8 Å². The summed E-state index contributed by atoms with van der Waals surface area (Å²) in [6.45, 7) is 0. The molecule has 0 spiro atoms. The van der Waals surface area contributed by atoms with Crippen molar-refractivity contribution >= 4 is 40.0 Å². The van der Waals surface area contributed by atoms with Crippen molar-refractivity contribution in [2.75, 3.05) is 0 Å². The van der Waals surface area contributed by atoms with E-state index in [1.807, 2.05) is 60.7 Å². The molecule has 0 aliphatic carbocycles. The largest absolute Gasteiger partial charge is 0.507 e. The van der Waals surface area contributed by atoms with Gasteiger partial charge in [0.15, 0.2) is 6.10 Å². The van der Waals surface area contributed by atoms with Gasteiger partial charge in [-0.1, -0.05) is 72.3 Å². The maximum absolute atomic E-state index is 12.6. The number of aromatic nitrogens is 1. The first kappa shape index (κ1) is 20.4. The summed E-state index contributed by atoms with van der Waals surface area (Å²) in [5.41, 5.74) is 2.56. The average molecular weight is 432 g/mol. The van der Waals surface area contributed by atoms with E-state index in [0.717, 1.165) is 22.7 Å². The van der Waals surface area contributed by atoms with Gasteiger partial charge in [0.05, 0.1) is 0 Å². The maximum Gasteiger partial charge on any atom is 0.380 e. The molecule has 0 radical (unpaired) electrons. The Hall–Kier alpha value is -3.83. The zero-order valence-corrected chi connectivity index (χ0v) is 17.0. The molecule has 0 fully saturated rings. The van der Waals surface area contributed by atoms with Gasteiger partial charge in [-0.05, 0) is 29.3 Å². The number of benzene rings is 3. The zero-order chi connectivity index (χ0) is 21.8. The van der Waals surface area contributed by atoms with Crippen molar-refractivity contribution in [3.63, 3.8) is 0 Å². The molecule has 0 saturated carbocycles. The molecule has 3 aromatic carbocycles. The molecule has 6 heteroatoms. The number of carbonyl (C=O) groups is 2. The van der Waals surface area contributed by atoms with Crippen LogP contribution in [0, 0.1) is 0 Å². The van der Waals surface area contributed by atoms with E-state index in [2.05, 4.69) is 4.98 Å². The Bertz CT molecular complexity index is 1220. The quantitative estimate of drug-likeness (QED) is 0.180. The van der Waals surface area contributed by atoms with Crippen LogP contribution in [-0.4, -0.2) is 21.8 Å². The van der Waals surface area contributed by atoms with Gasteiger partial charge in [0.1, 0.15) is 5.76 Å². The van der Waals surface area contributed by atoms with Gasteiger partial charge in [-0.3, -0.25) is 4.79 Å². The van der Waals surface area contributed by atoms with Gasteiger partial charge < -0.3 is 14.8 Å². The Morgan fingerprint density at radius 1 is 0.935 bits per heavy atom. The molecule has 0 aliphatic rings. The Morgan fingerprint density at radius 3 is 2.16 bits per heavy atom. The first-order valence-electron chi connectivity index (χ1n) is 9.55. The molecule has 4 aromatic rings. The zero-order valence-electron chi connectivity index (χ0n) is 16.3. The number of rotatable bonds is 6. The summed E-state index contributed by atoms with van der Waals surface area (Å²) in [7, 11) is 0. The Labute approximate surface area is 183 Å². The van der Waals surface area contributed by atoms with E-state index in [-0.39, 0.29) is 5.76 Å². The van der Waals surface area contributed by atoms with Crippen LogP contribution in [0.3, 0.4) is 0 Å². The van der Waals surface area contributed by atoms with Crippen molar-refractivity contribution in [1.29, 1.82) is 0 Å². The van der Waals surface area contributed by atoms with Gasteiger partial charge in [0.2, 0.25) is 0 Å². The SMILES string of the molecule is O=C(/C=C(\O)c1c[nH]c2ccc(Cl)cc12)C(=O)OC(c1ccccc1)c1ccccc1. The minimum atomic E-state index is -1.07. The van der Waals surface area contributed by atoms with E-state index in [4.69, 9.17) is 16.3 Å². The van der Waals surface area contributed by atoms with Gasteiger partial charge in [-0.25, -0.2) is 4.79 Å². The van der Waals surface area contributed by atoms with Crippen molar-refractivity contribution in [2.45, 2.75) is 6.10 Å². The average Bonchev–Trinajstić information content (AvgIpc) is 3.21. The van der Waals surface area contributed by atoms with E-state index in [0.29, 0.717) is 16.0 Å². The van der Waals surface area contributed by atoms with Gasteiger partial charge >= 0.3 is 5.97 Å². The number of fused-ring (bicyclic) bond motifs is 1. The normalized spacial score (nSPS) is 11.6. The van der Waals surface area contributed by atoms with Crippen LogP contribution in [0.25, 0.3) is 16.7 Å². The molecule has 0 saturated heterocycles. The molecule has 0 amide bonds. The van der Waals surface area contributed by atoms with Crippen molar-refractivity contribution in [3.8, 4) is 0 Å². The lowest BCUT2D eigenvalue weighted by Crippen LogP contribution is -2.19. The molecule has 1 aromatic heterocycles. The van der Waals surface area contributed by atoms with E-state index in [1.165, 1.54) is 0 Å². The van der Waals surface area contributed by atoms with Crippen LogP contribution < -0.4 is 0 Å². The lowest BCUT2D eigenvalue weighted by Gasteiger charge is -2.18. The van der Waals surface area contributed by atoms with E-state index in [1.54, 1.807) is 24.4 Å². The second kappa shape index (κ2) is 8.90. The minimum Gasteiger partial charge on any atom is -0.507 e. The van der Waals surface area contributed by atoms with Crippen LogP contribution in [0.5, 0.6) is 0 Å². The number of H-pyrrole nitrogens is 1. The molecule has 2 N–H and O–H groups in total. The van der Waals surface area contributed by atoms with Crippen molar-refractivity contribution in [2.24, 2.45) is 0 Å². The molecule has 0 bridgehead atoms. The first-order chi connectivity index (χ1) is 15.0. The summed E-state index contributed by atoms with van der Waals surface area (Å²) in [4.78, 5) is 28.1. The number of carbonyl (C=O) groups excluding carboxylic acids is 2. The third kappa shape index (κ3) is 4.52. The number of esters is 1. The van der Waals surface area contributed by atoms with Gasteiger partial charge in [0.25, 0.3) is 5.78 Å². The second-order valence-electron chi connectivity index (χ2n) is 6.89. The summed E-state index contributed by atoms with van der Waals surface area (Å²) >= 11 is 6.03. The number of nitrogens with one attached hydrogen (secondary N) is 1. The summed E-state index contributed by atoms with van der Waals surface area (Å²) in [6.07, 6.45) is 1.66. The highest BCUT2D eigenvalue weighted by molar-refractivity contribution is 6.39. The summed E-state index contributed by atoms with van der Waals surface area (Å²) in [5.74, 6) is -2.39. The summed E-state index contributed by atoms with van der Waals surface area (Å²) in [6, 6.07) is 23.4. The summed E-state index contributed by atoms with van der Waals surface area (Å²) < 4.78 is 5.54. The monoisotopic (exact) mass is 431 g/mol. The lowest BCUT2D eigenvalue weighted by molar-refractivity contribution is -0.154. The molecule has 5 nitrogen and oxygen atoms in total. The number of hydrogen-bond donors (Lipinski definition) is 2. The van der Waals surface area contributed by atoms with Gasteiger partial charge in [-0.2, -0.15) is 0 Å². The number of ketones is 1. The fraction of sp³-hybridized carbons (Fsp3) is 0.0400. The van der Waals surface area contributed by atoms with Crippen molar-refractivity contribution in [1.82, 2.24) is 4.98 Å². The molecular formula is C25H18ClNO4. The predicted molar refractivity (Wildman–Crippen MR) is 120 cm³/mol. The molecule has 1 heterocycles. The van der Waals surface area contributed by atoms with Crippen LogP contribution in [0.2, 0.25) is 5.02 Å². The van der Waals surface area contributed by atoms with Gasteiger partial charge in [-0.15, -0.1) is 0 Å². The Morgan fingerprint density at radius 2 is 1.55 bits per heavy atom. The standard InChI is InChI=1S/C25H18ClNO4/c26-18-11-12-21-19(13-18)20(15-27-21)22(28)14-23(29)25(30)31-24(16-7-3-1-4-8-16)17-9-5-2-6-10-17/h1-15,24,27-28H/b22-14-. The smallest absolute Gasteiger partial charge is 0.380 e. The van der Waals surface area contributed by atoms with E-state index >= 15 is 0 Å². The highest BCUT2D eigenvalue weighted by atomic mass is 35.5. The van der Waals surface area contributed by atoms with Crippen molar-refractivity contribution in [3.05, 3.63) is 113 Å². The number of hydrogen-bond acceptors (Lipinski definition) is 4. The number of aromatic amines is 1. The molecular weight excluding hydrogens is 414 g/mol. The van der Waals surface area contributed by atoms with E-state index in [9.17, 15) is 14.7 Å². The van der Waals surface area contributed by atoms with E-state index < -0.39 is 17.9 Å². The Balaban J connectivity index is 1.59. The van der Waals surface area contributed by atoms with Crippen LogP contribution in [-0.2, 0) is 14.3 Å².